The van der Waals surface area contributed by atoms with Crippen molar-refractivity contribution in [3.05, 3.63) is 42.0 Å². The summed E-state index contributed by atoms with van der Waals surface area (Å²) in [4.78, 5) is 0. The van der Waals surface area contributed by atoms with E-state index in [0.29, 0.717) is 12.5 Å². The Hall–Kier alpha value is -1.38. The lowest BCUT2D eigenvalue weighted by Crippen LogP contribution is -2.11. The molecular formula is C16H20F2O. The zero-order valence-corrected chi connectivity index (χ0v) is 11.2. The topological polar surface area (TPSA) is 9.23 Å². The van der Waals surface area contributed by atoms with E-state index in [1.165, 1.54) is 5.56 Å². The molecular weight excluding hydrogens is 246 g/mol. The molecule has 2 rings (SSSR count). The number of benzene rings is 1. The molecule has 0 atom stereocenters. The van der Waals surface area contributed by atoms with Crippen molar-refractivity contribution >= 4 is 0 Å². The average Bonchev–Trinajstić information content (AvgIpc) is 2.40. The van der Waals surface area contributed by atoms with E-state index in [4.69, 9.17) is 4.74 Å². The van der Waals surface area contributed by atoms with Crippen molar-refractivity contribution in [2.24, 2.45) is 5.92 Å². The Morgan fingerprint density at radius 3 is 2.32 bits per heavy atom. The van der Waals surface area contributed by atoms with Gasteiger partial charge in [-0.15, -0.1) is 0 Å². The molecule has 0 aromatic heterocycles. The molecule has 19 heavy (non-hydrogen) atoms. The van der Waals surface area contributed by atoms with Crippen LogP contribution in [0, 0.1) is 5.92 Å². The fourth-order valence-corrected chi connectivity index (χ4v) is 2.80. The Balaban J connectivity index is 1.92. The number of hydrogen-bond acceptors (Lipinski definition) is 1. The summed E-state index contributed by atoms with van der Waals surface area (Å²) >= 11 is 0. The van der Waals surface area contributed by atoms with Crippen molar-refractivity contribution < 1.29 is 13.5 Å². The number of allylic oxidation sites excluding steroid dienone is 1. The van der Waals surface area contributed by atoms with Crippen LogP contribution in [0.1, 0.15) is 44.1 Å². The third-order valence-electron chi connectivity index (χ3n) is 3.80. The Kier molecular flexibility index (Phi) is 4.94. The van der Waals surface area contributed by atoms with E-state index in [9.17, 15) is 8.78 Å². The zero-order valence-electron chi connectivity index (χ0n) is 11.2. The summed E-state index contributed by atoms with van der Waals surface area (Å²) in [7, 11) is 0. The van der Waals surface area contributed by atoms with E-state index in [0.717, 1.165) is 37.5 Å². The van der Waals surface area contributed by atoms with E-state index in [1.807, 2.05) is 19.1 Å². The number of halogens is 2. The van der Waals surface area contributed by atoms with E-state index in [1.54, 1.807) is 0 Å². The van der Waals surface area contributed by atoms with Gasteiger partial charge in [0.15, 0.2) is 0 Å². The van der Waals surface area contributed by atoms with Gasteiger partial charge in [-0.1, -0.05) is 12.1 Å². The predicted octanol–water partition coefficient (Wildman–Crippen LogP) is 5.14. The molecule has 0 aliphatic heterocycles. The van der Waals surface area contributed by atoms with Gasteiger partial charge in [-0.2, -0.15) is 8.78 Å². The first kappa shape index (κ1) is 14.0. The quantitative estimate of drug-likeness (QED) is 0.733. The van der Waals surface area contributed by atoms with Gasteiger partial charge in [-0.3, -0.25) is 0 Å². The summed E-state index contributed by atoms with van der Waals surface area (Å²) in [6.07, 6.45) is 3.27. The molecule has 0 unspecified atom stereocenters. The zero-order chi connectivity index (χ0) is 13.7. The minimum absolute atomic E-state index is 0.0592. The second-order valence-corrected chi connectivity index (χ2v) is 5.07. The van der Waals surface area contributed by atoms with Crippen LogP contribution in [0.5, 0.6) is 5.75 Å². The third-order valence-corrected chi connectivity index (χ3v) is 3.80. The van der Waals surface area contributed by atoms with Crippen molar-refractivity contribution in [2.75, 3.05) is 6.61 Å². The molecule has 104 valence electrons. The van der Waals surface area contributed by atoms with Gasteiger partial charge in [0.25, 0.3) is 6.08 Å². The van der Waals surface area contributed by atoms with Gasteiger partial charge >= 0.3 is 0 Å². The summed E-state index contributed by atoms with van der Waals surface area (Å²) in [5.41, 5.74) is 1.30. The lowest BCUT2D eigenvalue weighted by Gasteiger charge is -2.26. The van der Waals surface area contributed by atoms with Crippen molar-refractivity contribution in [1.29, 1.82) is 0 Å². The number of ether oxygens (including phenoxy) is 1. The van der Waals surface area contributed by atoms with Crippen molar-refractivity contribution in [1.82, 2.24) is 0 Å². The molecule has 0 bridgehead atoms. The van der Waals surface area contributed by atoms with Gasteiger partial charge in [0.05, 0.1) is 6.61 Å². The molecule has 1 aromatic rings. The standard InChI is InChI=1S/C16H20F2O/c1-2-19-15-9-7-14(8-10-15)13-5-3-12(4-6-13)11-16(17)18/h7-13H,2-6H2,1H3/t12-,13-. The lowest BCUT2D eigenvalue weighted by atomic mass is 9.79. The Morgan fingerprint density at radius 2 is 1.79 bits per heavy atom. The van der Waals surface area contributed by atoms with E-state index in [-0.39, 0.29) is 5.92 Å². The Morgan fingerprint density at radius 1 is 1.16 bits per heavy atom. The van der Waals surface area contributed by atoms with Crippen LogP contribution in [0.2, 0.25) is 0 Å². The lowest BCUT2D eigenvalue weighted by molar-refractivity contribution is 0.338. The van der Waals surface area contributed by atoms with Crippen molar-refractivity contribution in [3.63, 3.8) is 0 Å². The van der Waals surface area contributed by atoms with Crippen LogP contribution < -0.4 is 4.74 Å². The molecule has 0 saturated heterocycles. The summed E-state index contributed by atoms with van der Waals surface area (Å²) in [6.45, 7) is 2.64. The second kappa shape index (κ2) is 6.69. The van der Waals surface area contributed by atoms with Crippen LogP contribution in [0.3, 0.4) is 0 Å². The smallest absolute Gasteiger partial charge is 0.266 e. The largest absolute Gasteiger partial charge is 0.494 e. The molecule has 0 N–H and O–H groups in total. The van der Waals surface area contributed by atoms with Crippen LogP contribution >= 0.6 is 0 Å². The number of rotatable bonds is 4. The maximum absolute atomic E-state index is 12.2. The first-order valence-corrected chi connectivity index (χ1v) is 6.94. The highest BCUT2D eigenvalue weighted by Gasteiger charge is 2.21. The van der Waals surface area contributed by atoms with Crippen molar-refractivity contribution in [2.45, 2.75) is 38.5 Å². The van der Waals surface area contributed by atoms with Crippen LogP contribution in [0.25, 0.3) is 0 Å². The summed E-state index contributed by atoms with van der Waals surface area (Å²) < 4.78 is 29.8. The number of hydrogen-bond donors (Lipinski definition) is 0. The Bertz CT molecular complexity index is 413. The highest BCUT2D eigenvalue weighted by molar-refractivity contribution is 5.29. The Labute approximate surface area is 113 Å². The van der Waals surface area contributed by atoms with Gasteiger partial charge in [0.1, 0.15) is 5.75 Å². The minimum Gasteiger partial charge on any atom is -0.494 e. The molecule has 0 amide bonds. The van der Waals surface area contributed by atoms with Crippen LogP contribution in [0.4, 0.5) is 8.78 Å². The fraction of sp³-hybridized carbons (Fsp3) is 0.500. The highest BCUT2D eigenvalue weighted by atomic mass is 19.3. The van der Waals surface area contributed by atoms with Gasteiger partial charge in [-0.05, 0) is 68.2 Å². The van der Waals surface area contributed by atoms with E-state index in [2.05, 4.69) is 12.1 Å². The van der Waals surface area contributed by atoms with Crippen LogP contribution in [-0.4, -0.2) is 6.61 Å². The van der Waals surface area contributed by atoms with Gasteiger partial charge in [-0.25, -0.2) is 0 Å². The van der Waals surface area contributed by atoms with Crippen LogP contribution in [-0.2, 0) is 0 Å². The predicted molar refractivity (Wildman–Crippen MR) is 72.6 cm³/mol. The van der Waals surface area contributed by atoms with Gasteiger partial charge in [0.2, 0.25) is 0 Å². The monoisotopic (exact) mass is 266 g/mol. The first-order chi connectivity index (χ1) is 9.19. The normalized spacial score (nSPS) is 22.9. The van der Waals surface area contributed by atoms with Crippen molar-refractivity contribution in [3.8, 4) is 5.75 Å². The summed E-state index contributed by atoms with van der Waals surface area (Å²) in [6, 6.07) is 8.18. The molecule has 0 radical (unpaired) electrons. The van der Waals surface area contributed by atoms with Crippen LogP contribution in [0.15, 0.2) is 36.4 Å². The maximum Gasteiger partial charge on any atom is 0.266 e. The molecule has 1 aliphatic rings. The van der Waals surface area contributed by atoms with E-state index < -0.39 is 6.08 Å². The SMILES string of the molecule is CCOc1ccc([C@H]2CC[C@H](C=C(F)F)CC2)cc1. The molecule has 1 nitrogen and oxygen atoms in total. The second-order valence-electron chi connectivity index (χ2n) is 5.07. The molecule has 0 spiro atoms. The molecule has 3 heteroatoms. The average molecular weight is 266 g/mol. The fourth-order valence-electron chi connectivity index (χ4n) is 2.80. The molecule has 1 aromatic carbocycles. The summed E-state index contributed by atoms with van der Waals surface area (Å²) in [5, 5.41) is 0. The van der Waals surface area contributed by atoms with Gasteiger partial charge in [0, 0.05) is 0 Å². The summed E-state index contributed by atoms with van der Waals surface area (Å²) in [5.74, 6) is 1.45. The minimum atomic E-state index is -1.54. The van der Waals surface area contributed by atoms with E-state index >= 15 is 0 Å². The van der Waals surface area contributed by atoms with Gasteiger partial charge < -0.3 is 4.74 Å². The highest BCUT2D eigenvalue weighted by Crippen LogP contribution is 2.37. The maximum atomic E-state index is 12.2. The molecule has 0 heterocycles. The molecule has 1 saturated carbocycles. The first-order valence-electron chi connectivity index (χ1n) is 6.94. The molecule has 1 fully saturated rings. The third kappa shape index (κ3) is 4.05. The molecule has 1 aliphatic carbocycles.